The Morgan fingerprint density at radius 1 is 1.33 bits per heavy atom. The van der Waals surface area contributed by atoms with Crippen molar-refractivity contribution in [1.82, 2.24) is 9.55 Å². The molecule has 0 fully saturated rings. The molecule has 1 heterocycles. The zero-order valence-electron chi connectivity index (χ0n) is 12.1. The van der Waals surface area contributed by atoms with Gasteiger partial charge in [-0.1, -0.05) is 13.0 Å². The number of para-hydroxylation sites is 1. The lowest BCUT2D eigenvalue weighted by Crippen LogP contribution is -2.12. The molecule has 0 bridgehead atoms. The zero-order valence-corrected chi connectivity index (χ0v) is 12.1. The Morgan fingerprint density at radius 2 is 2.10 bits per heavy atom. The van der Waals surface area contributed by atoms with Gasteiger partial charge in [0.1, 0.15) is 5.82 Å². The lowest BCUT2D eigenvalue weighted by atomic mass is 10.2. The predicted molar refractivity (Wildman–Crippen MR) is 77.3 cm³/mol. The lowest BCUT2D eigenvalue weighted by molar-refractivity contribution is -0.143. The molecular weight excluding hydrogens is 272 g/mol. The summed E-state index contributed by atoms with van der Waals surface area (Å²) < 4.78 is 6.72. The maximum atomic E-state index is 11.5. The van der Waals surface area contributed by atoms with Gasteiger partial charge < -0.3 is 14.4 Å². The van der Waals surface area contributed by atoms with E-state index in [1.165, 1.54) is 0 Å². The Morgan fingerprint density at radius 3 is 2.71 bits per heavy atom. The van der Waals surface area contributed by atoms with Crippen LogP contribution >= 0.6 is 0 Å². The molecule has 0 radical (unpaired) electrons. The van der Waals surface area contributed by atoms with Gasteiger partial charge in [0.2, 0.25) is 0 Å². The number of fused-ring (bicyclic) bond motifs is 1. The minimum absolute atomic E-state index is 0.195. The number of hydrogen-bond donors (Lipinski definition) is 1. The number of benzene rings is 1. The molecule has 1 aromatic carbocycles. The Bertz CT molecular complexity index is 676. The fourth-order valence-corrected chi connectivity index (χ4v) is 2.35. The summed E-state index contributed by atoms with van der Waals surface area (Å²) in [5.41, 5.74) is 1.39. The van der Waals surface area contributed by atoms with Gasteiger partial charge in [-0.2, -0.15) is 0 Å². The van der Waals surface area contributed by atoms with Crippen LogP contribution in [0.15, 0.2) is 18.2 Å². The van der Waals surface area contributed by atoms with Crippen LogP contribution in [0, 0.1) is 0 Å². The van der Waals surface area contributed by atoms with Crippen LogP contribution in [0.2, 0.25) is 0 Å². The van der Waals surface area contributed by atoms with E-state index in [0.29, 0.717) is 30.6 Å². The van der Waals surface area contributed by atoms with Gasteiger partial charge >= 0.3 is 11.9 Å². The van der Waals surface area contributed by atoms with Crippen molar-refractivity contribution in [2.24, 2.45) is 0 Å². The summed E-state index contributed by atoms with van der Waals surface area (Å²) in [5, 5.41) is 9.32. The molecule has 2 aromatic rings. The fourth-order valence-electron chi connectivity index (χ4n) is 2.35. The number of carbonyl (C=O) groups excluding carboxylic acids is 1. The summed E-state index contributed by atoms with van der Waals surface area (Å²) in [6.45, 7) is 4.40. The molecule has 6 heteroatoms. The standard InChI is InChI=1S/C15H18N2O4/c1-3-12-16-11-7-5-6-10(15(19)20)14(11)17(12)9-8-13(18)21-4-2/h5-7H,3-4,8-9H2,1-2H3,(H,19,20). The number of rotatable bonds is 6. The SMILES string of the molecule is CCOC(=O)CCn1c(CC)nc2cccc(C(=O)O)c21. The number of carbonyl (C=O) groups is 2. The third kappa shape index (κ3) is 3.04. The highest BCUT2D eigenvalue weighted by molar-refractivity contribution is 6.01. The van der Waals surface area contributed by atoms with Gasteiger partial charge in [-0.15, -0.1) is 0 Å². The van der Waals surface area contributed by atoms with E-state index < -0.39 is 5.97 Å². The highest BCUT2D eigenvalue weighted by atomic mass is 16.5. The minimum Gasteiger partial charge on any atom is -0.478 e. The number of aromatic nitrogens is 2. The van der Waals surface area contributed by atoms with Gasteiger partial charge in [-0.25, -0.2) is 9.78 Å². The van der Waals surface area contributed by atoms with Crippen LogP contribution in [0.5, 0.6) is 0 Å². The first-order valence-corrected chi connectivity index (χ1v) is 6.95. The molecular formula is C15H18N2O4. The van der Waals surface area contributed by atoms with Crippen molar-refractivity contribution in [2.45, 2.75) is 33.2 Å². The predicted octanol–water partition coefficient (Wildman–Crippen LogP) is 2.25. The number of ether oxygens (including phenoxy) is 1. The van der Waals surface area contributed by atoms with Crippen LogP contribution in [0.3, 0.4) is 0 Å². The molecule has 0 amide bonds. The van der Waals surface area contributed by atoms with E-state index in [4.69, 9.17) is 4.74 Å². The topological polar surface area (TPSA) is 81.4 Å². The molecule has 0 spiro atoms. The summed E-state index contributed by atoms with van der Waals surface area (Å²) in [6.07, 6.45) is 0.858. The molecule has 0 aliphatic heterocycles. The van der Waals surface area contributed by atoms with Crippen LogP contribution < -0.4 is 0 Å². The number of aryl methyl sites for hydroxylation is 2. The average molecular weight is 290 g/mol. The van der Waals surface area contributed by atoms with E-state index in [9.17, 15) is 14.7 Å². The van der Waals surface area contributed by atoms with Crippen LogP contribution in [-0.2, 0) is 22.5 Å². The Hall–Kier alpha value is -2.37. The summed E-state index contributed by atoms with van der Waals surface area (Å²) in [7, 11) is 0. The van der Waals surface area contributed by atoms with Gasteiger partial charge in [0, 0.05) is 13.0 Å². The van der Waals surface area contributed by atoms with Crippen molar-refractivity contribution in [3.8, 4) is 0 Å². The summed E-state index contributed by atoms with van der Waals surface area (Å²) in [6, 6.07) is 5.00. The van der Waals surface area contributed by atoms with Crippen LogP contribution in [0.25, 0.3) is 11.0 Å². The van der Waals surface area contributed by atoms with E-state index in [0.717, 1.165) is 5.82 Å². The van der Waals surface area contributed by atoms with Crippen molar-refractivity contribution < 1.29 is 19.4 Å². The van der Waals surface area contributed by atoms with Crippen molar-refractivity contribution in [3.05, 3.63) is 29.6 Å². The first kappa shape index (κ1) is 15.0. The molecule has 2 rings (SSSR count). The second-order valence-electron chi connectivity index (χ2n) is 4.57. The molecule has 0 saturated carbocycles. The molecule has 0 saturated heterocycles. The Balaban J connectivity index is 2.44. The maximum absolute atomic E-state index is 11.5. The van der Waals surface area contributed by atoms with Gasteiger partial charge in [0.15, 0.2) is 0 Å². The lowest BCUT2D eigenvalue weighted by Gasteiger charge is -2.09. The van der Waals surface area contributed by atoms with Crippen LogP contribution in [-0.4, -0.2) is 33.2 Å². The molecule has 1 aromatic heterocycles. The number of imidazole rings is 1. The average Bonchev–Trinajstić information content (AvgIpc) is 2.82. The summed E-state index contributed by atoms with van der Waals surface area (Å²) in [4.78, 5) is 27.3. The molecule has 1 N–H and O–H groups in total. The van der Waals surface area contributed by atoms with Gasteiger partial charge in [0.25, 0.3) is 0 Å². The number of carboxylic acid groups (broad SMARTS) is 1. The number of hydrogen-bond acceptors (Lipinski definition) is 4. The number of carboxylic acids is 1. The van der Waals surface area contributed by atoms with Gasteiger partial charge in [0.05, 0.1) is 29.6 Å². The molecule has 0 atom stereocenters. The van der Waals surface area contributed by atoms with E-state index in [1.807, 2.05) is 6.92 Å². The highest BCUT2D eigenvalue weighted by Gasteiger charge is 2.17. The normalized spacial score (nSPS) is 10.8. The molecule has 112 valence electrons. The van der Waals surface area contributed by atoms with Crippen molar-refractivity contribution >= 4 is 23.0 Å². The summed E-state index contributed by atoms with van der Waals surface area (Å²) in [5.74, 6) is -0.530. The smallest absolute Gasteiger partial charge is 0.337 e. The number of esters is 1. The van der Waals surface area contributed by atoms with E-state index in [2.05, 4.69) is 4.98 Å². The van der Waals surface area contributed by atoms with Gasteiger partial charge in [-0.05, 0) is 19.1 Å². The third-order valence-corrected chi connectivity index (χ3v) is 3.24. The molecule has 6 nitrogen and oxygen atoms in total. The monoisotopic (exact) mass is 290 g/mol. The third-order valence-electron chi connectivity index (χ3n) is 3.24. The Labute approximate surface area is 122 Å². The van der Waals surface area contributed by atoms with E-state index in [-0.39, 0.29) is 18.0 Å². The van der Waals surface area contributed by atoms with Crippen LogP contribution in [0.4, 0.5) is 0 Å². The van der Waals surface area contributed by atoms with Gasteiger partial charge in [-0.3, -0.25) is 4.79 Å². The quantitative estimate of drug-likeness (QED) is 0.825. The first-order chi connectivity index (χ1) is 10.1. The Kier molecular flexibility index (Phi) is 4.57. The van der Waals surface area contributed by atoms with Crippen molar-refractivity contribution in [2.75, 3.05) is 6.61 Å². The zero-order chi connectivity index (χ0) is 15.4. The second-order valence-corrected chi connectivity index (χ2v) is 4.57. The molecule has 21 heavy (non-hydrogen) atoms. The maximum Gasteiger partial charge on any atom is 0.337 e. The molecule has 0 aliphatic carbocycles. The van der Waals surface area contributed by atoms with E-state index in [1.54, 1.807) is 29.7 Å². The molecule has 0 unspecified atom stereocenters. The largest absolute Gasteiger partial charge is 0.478 e. The minimum atomic E-state index is -1.000. The first-order valence-electron chi connectivity index (χ1n) is 6.95. The molecule has 0 aliphatic rings. The van der Waals surface area contributed by atoms with Crippen LogP contribution in [0.1, 0.15) is 36.5 Å². The highest BCUT2D eigenvalue weighted by Crippen LogP contribution is 2.21. The van der Waals surface area contributed by atoms with E-state index >= 15 is 0 Å². The van der Waals surface area contributed by atoms with Crippen molar-refractivity contribution in [1.29, 1.82) is 0 Å². The van der Waals surface area contributed by atoms with Crippen molar-refractivity contribution in [3.63, 3.8) is 0 Å². The number of aromatic carboxylic acids is 1. The summed E-state index contributed by atoms with van der Waals surface area (Å²) >= 11 is 0. The fraction of sp³-hybridized carbons (Fsp3) is 0.400. The number of nitrogens with zero attached hydrogens (tertiary/aromatic N) is 2. The second kappa shape index (κ2) is 6.39.